The van der Waals surface area contributed by atoms with Crippen LogP contribution in [0, 0.1) is 13.8 Å². The van der Waals surface area contributed by atoms with Gasteiger partial charge in [0.25, 0.3) is 15.9 Å². The van der Waals surface area contributed by atoms with Crippen molar-refractivity contribution in [2.24, 2.45) is 0 Å². The number of carbonyl (C=O) groups is 1. The normalized spacial score (nSPS) is 15.7. The van der Waals surface area contributed by atoms with Crippen LogP contribution in [0.25, 0.3) is 5.76 Å². The van der Waals surface area contributed by atoms with Gasteiger partial charge in [-0.25, -0.2) is 13.4 Å². The van der Waals surface area contributed by atoms with Crippen molar-refractivity contribution in [2.75, 3.05) is 12.4 Å². The Hall–Kier alpha value is -2.87. The molecule has 0 radical (unpaired) electrons. The van der Waals surface area contributed by atoms with Crippen molar-refractivity contribution < 1.29 is 18.3 Å². The van der Waals surface area contributed by atoms with Crippen LogP contribution < -0.4 is 5.32 Å². The maximum absolute atomic E-state index is 12.6. The van der Waals surface area contributed by atoms with Gasteiger partial charge in [-0.2, -0.15) is 0 Å². The second-order valence-electron chi connectivity index (χ2n) is 5.79. The molecule has 0 aliphatic carbocycles. The number of hydrogen-bond donors (Lipinski definition) is 2. The fourth-order valence-corrected chi connectivity index (χ4v) is 4.16. The maximum Gasteiger partial charge on any atom is 0.277 e. The van der Waals surface area contributed by atoms with E-state index in [1.54, 1.807) is 25.1 Å². The number of carbonyl (C=O) groups excluding carboxylic acids is 1. The molecular formula is C17H17N3O4S. The van der Waals surface area contributed by atoms with Gasteiger partial charge in [0.1, 0.15) is 5.82 Å². The summed E-state index contributed by atoms with van der Waals surface area (Å²) in [5.74, 6) is -0.863. The smallest absolute Gasteiger partial charge is 0.277 e. The van der Waals surface area contributed by atoms with Gasteiger partial charge >= 0.3 is 0 Å². The van der Waals surface area contributed by atoms with Gasteiger partial charge in [-0.3, -0.25) is 9.10 Å². The Morgan fingerprint density at radius 3 is 2.56 bits per heavy atom. The van der Waals surface area contributed by atoms with E-state index in [-0.39, 0.29) is 22.0 Å². The molecule has 0 atom stereocenters. The number of amides is 1. The number of sulfonamides is 1. The highest BCUT2D eigenvalue weighted by Crippen LogP contribution is 2.34. The molecule has 1 amide bonds. The van der Waals surface area contributed by atoms with Crippen LogP contribution in [-0.4, -0.2) is 35.8 Å². The molecule has 2 heterocycles. The van der Waals surface area contributed by atoms with Crippen LogP contribution in [0.4, 0.5) is 5.82 Å². The SMILES string of the molecule is Cc1cc(C)nc(NC(=O)C2=C(O)c3ccccc3S(=O)(=O)N2C)c1. The van der Waals surface area contributed by atoms with Crippen molar-refractivity contribution >= 4 is 27.5 Å². The maximum atomic E-state index is 12.6. The largest absolute Gasteiger partial charge is 0.505 e. The lowest BCUT2D eigenvalue weighted by Gasteiger charge is -2.28. The first-order valence-corrected chi connectivity index (χ1v) is 8.94. The van der Waals surface area contributed by atoms with Gasteiger partial charge < -0.3 is 10.4 Å². The number of rotatable bonds is 2. The average molecular weight is 359 g/mol. The van der Waals surface area contributed by atoms with Gasteiger partial charge in [0, 0.05) is 18.3 Å². The van der Waals surface area contributed by atoms with E-state index in [9.17, 15) is 18.3 Å². The van der Waals surface area contributed by atoms with Crippen LogP contribution >= 0.6 is 0 Å². The Labute approximate surface area is 145 Å². The van der Waals surface area contributed by atoms with Crippen LogP contribution in [0.5, 0.6) is 0 Å². The molecule has 0 unspecified atom stereocenters. The monoisotopic (exact) mass is 359 g/mol. The van der Waals surface area contributed by atoms with Crippen molar-refractivity contribution in [1.29, 1.82) is 0 Å². The highest BCUT2D eigenvalue weighted by molar-refractivity contribution is 7.89. The van der Waals surface area contributed by atoms with E-state index in [1.807, 2.05) is 13.0 Å². The number of nitrogens with one attached hydrogen (secondary N) is 1. The zero-order valence-electron chi connectivity index (χ0n) is 13.9. The van der Waals surface area contributed by atoms with E-state index in [1.165, 1.54) is 19.2 Å². The van der Waals surface area contributed by atoms with Gasteiger partial charge in [-0.05, 0) is 43.7 Å². The molecule has 0 spiro atoms. The number of benzene rings is 1. The van der Waals surface area contributed by atoms with Gasteiger partial charge in [-0.15, -0.1) is 0 Å². The highest BCUT2D eigenvalue weighted by Gasteiger charge is 2.37. The molecule has 25 heavy (non-hydrogen) atoms. The van der Waals surface area contributed by atoms with E-state index >= 15 is 0 Å². The fourth-order valence-electron chi connectivity index (χ4n) is 2.76. The summed E-state index contributed by atoms with van der Waals surface area (Å²) in [5.41, 5.74) is 1.36. The van der Waals surface area contributed by atoms with Crippen molar-refractivity contribution in [3.63, 3.8) is 0 Å². The number of aromatic nitrogens is 1. The summed E-state index contributed by atoms with van der Waals surface area (Å²) in [6.07, 6.45) is 0. The molecule has 1 aliphatic heterocycles. The summed E-state index contributed by atoms with van der Waals surface area (Å²) in [7, 11) is -2.69. The number of pyridine rings is 1. The molecule has 1 aromatic heterocycles. The molecule has 1 aromatic carbocycles. The molecule has 2 aromatic rings. The molecule has 2 N–H and O–H groups in total. The van der Waals surface area contributed by atoms with Crippen LogP contribution in [0.1, 0.15) is 16.8 Å². The quantitative estimate of drug-likeness (QED) is 0.856. The van der Waals surface area contributed by atoms with Gasteiger partial charge in [0.15, 0.2) is 11.5 Å². The summed E-state index contributed by atoms with van der Waals surface area (Å²) >= 11 is 0. The first-order valence-electron chi connectivity index (χ1n) is 7.50. The minimum atomic E-state index is -3.92. The van der Waals surface area contributed by atoms with Crippen molar-refractivity contribution in [2.45, 2.75) is 18.7 Å². The minimum Gasteiger partial charge on any atom is -0.505 e. The Bertz CT molecular complexity index is 992. The minimum absolute atomic E-state index is 0.0453. The molecule has 0 saturated carbocycles. The molecule has 0 bridgehead atoms. The number of anilines is 1. The Kier molecular flexibility index (Phi) is 4.00. The van der Waals surface area contributed by atoms with E-state index < -0.39 is 21.7 Å². The standard InChI is InChI=1S/C17H17N3O4S/c1-10-8-11(2)18-14(9-10)19-17(22)15-16(21)12-6-4-5-7-13(12)25(23,24)20(15)3/h4-9,21H,1-3H3,(H,18,19,22). The van der Waals surface area contributed by atoms with Crippen molar-refractivity contribution in [1.82, 2.24) is 9.29 Å². The predicted molar refractivity (Wildman–Crippen MR) is 93.3 cm³/mol. The van der Waals surface area contributed by atoms with Gasteiger partial charge in [0.05, 0.1) is 4.90 Å². The topological polar surface area (TPSA) is 99.6 Å². The Morgan fingerprint density at radius 2 is 1.88 bits per heavy atom. The van der Waals surface area contributed by atoms with E-state index in [4.69, 9.17) is 0 Å². The molecule has 3 rings (SSSR count). The zero-order chi connectivity index (χ0) is 18.4. The molecule has 0 saturated heterocycles. The van der Waals surface area contributed by atoms with Crippen LogP contribution in [-0.2, 0) is 14.8 Å². The van der Waals surface area contributed by atoms with Crippen LogP contribution in [0.2, 0.25) is 0 Å². The Morgan fingerprint density at radius 1 is 1.20 bits per heavy atom. The summed E-state index contributed by atoms with van der Waals surface area (Å²) in [6.45, 7) is 3.64. The van der Waals surface area contributed by atoms with Crippen LogP contribution in [0.3, 0.4) is 0 Å². The van der Waals surface area contributed by atoms with E-state index in [0.29, 0.717) is 5.69 Å². The number of fused-ring (bicyclic) bond motifs is 1. The molecule has 130 valence electrons. The number of hydrogen-bond acceptors (Lipinski definition) is 5. The fraction of sp³-hybridized carbons (Fsp3) is 0.176. The first-order chi connectivity index (χ1) is 11.7. The number of aryl methyl sites for hydroxylation is 2. The highest BCUT2D eigenvalue weighted by atomic mass is 32.2. The lowest BCUT2D eigenvalue weighted by molar-refractivity contribution is -0.113. The predicted octanol–water partition coefficient (Wildman–Crippen LogP) is 2.20. The molecule has 8 heteroatoms. The first kappa shape index (κ1) is 17.0. The summed E-state index contributed by atoms with van der Waals surface area (Å²) in [4.78, 5) is 16.8. The number of nitrogens with zero attached hydrogens (tertiary/aromatic N) is 2. The van der Waals surface area contributed by atoms with Crippen molar-refractivity contribution in [3.8, 4) is 0 Å². The number of likely N-dealkylation sites (N-methyl/N-ethyl adjacent to an activating group) is 1. The molecular weight excluding hydrogens is 342 g/mol. The van der Waals surface area contributed by atoms with E-state index in [0.717, 1.165) is 9.87 Å². The Balaban J connectivity index is 2.07. The average Bonchev–Trinajstić information content (AvgIpc) is 2.52. The third kappa shape index (κ3) is 2.85. The third-order valence-electron chi connectivity index (χ3n) is 3.87. The molecule has 7 nitrogen and oxygen atoms in total. The lowest BCUT2D eigenvalue weighted by atomic mass is 10.1. The zero-order valence-corrected chi connectivity index (χ0v) is 14.8. The molecule has 1 aliphatic rings. The summed E-state index contributed by atoms with van der Waals surface area (Å²) in [5, 5.41) is 13.0. The number of aliphatic hydroxyl groups excluding tert-OH is 1. The van der Waals surface area contributed by atoms with Crippen molar-refractivity contribution in [3.05, 3.63) is 58.9 Å². The van der Waals surface area contributed by atoms with Gasteiger partial charge in [-0.1, -0.05) is 12.1 Å². The number of aliphatic hydroxyl groups is 1. The van der Waals surface area contributed by atoms with Gasteiger partial charge in [0.2, 0.25) is 0 Å². The summed E-state index contributed by atoms with van der Waals surface area (Å²) in [6, 6.07) is 9.50. The van der Waals surface area contributed by atoms with Crippen LogP contribution in [0.15, 0.2) is 47.0 Å². The third-order valence-corrected chi connectivity index (χ3v) is 5.69. The molecule has 0 fully saturated rings. The second-order valence-corrected chi connectivity index (χ2v) is 7.73. The second kappa shape index (κ2) is 5.89. The van der Waals surface area contributed by atoms with E-state index in [2.05, 4.69) is 10.3 Å². The summed E-state index contributed by atoms with van der Waals surface area (Å²) < 4.78 is 26.0. The lowest BCUT2D eigenvalue weighted by Crippen LogP contribution is -2.37.